The van der Waals surface area contributed by atoms with Crippen LogP contribution in [-0.4, -0.2) is 42.5 Å². The molecular formula is C22H30N4O. The summed E-state index contributed by atoms with van der Waals surface area (Å²) >= 11 is 0. The van der Waals surface area contributed by atoms with Crippen LogP contribution in [0.4, 0.5) is 5.82 Å². The van der Waals surface area contributed by atoms with E-state index in [1.165, 1.54) is 30.4 Å². The summed E-state index contributed by atoms with van der Waals surface area (Å²) in [5.74, 6) is 0.596. The van der Waals surface area contributed by atoms with Gasteiger partial charge in [0.05, 0.1) is 5.56 Å². The van der Waals surface area contributed by atoms with Crippen LogP contribution < -0.4 is 10.2 Å². The molecule has 0 radical (unpaired) electrons. The Balaban J connectivity index is 1.69. The van der Waals surface area contributed by atoms with E-state index in [4.69, 9.17) is 0 Å². The van der Waals surface area contributed by atoms with Crippen LogP contribution in [0.5, 0.6) is 0 Å². The molecule has 1 N–H and O–H groups in total. The van der Waals surface area contributed by atoms with Crippen LogP contribution >= 0.6 is 0 Å². The predicted octanol–water partition coefficient (Wildman–Crippen LogP) is 3.45. The summed E-state index contributed by atoms with van der Waals surface area (Å²) in [4.78, 5) is 21.4. The van der Waals surface area contributed by atoms with E-state index in [-0.39, 0.29) is 5.91 Å². The molecule has 2 heterocycles. The summed E-state index contributed by atoms with van der Waals surface area (Å²) in [6.45, 7) is 4.94. The van der Waals surface area contributed by atoms with E-state index in [1.807, 2.05) is 31.1 Å². The highest BCUT2D eigenvalue weighted by atomic mass is 16.1. The number of benzene rings is 1. The fraction of sp³-hybridized carbons (Fsp3) is 0.455. The summed E-state index contributed by atoms with van der Waals surface area (Å²) < 4.78 is 0. The third-order valence-corrected chi connectivity index (χ3v) is 5.33. The van der Waals surface area contributed by atoms with Gasteiger partial charge in [0.2, 0.25) is 0 Å². The Morgan fingerprint density at radius 2 is 1.96 bits per heavy atom. The second kappa shape index (κ2) is 9.00. The fourth-order valence-corrected chi connectivity index (χ4v) is 3.70. The molecule has 1 atom stereocenters. The number of anilines is 1. The monoisotopic (exact) mass is 366 g/mol. The molecule has 1 aliphatic heterocycles. The first-order valence-corrected chi connectivity index (χ1v) is 9.77. The lowest BCUT2D eigenvalue weighted by atomic mass is 10.0. The van der Waals surface area contributed by atoms with Crippen molar-refractivity contribution in [3.63, 3.8) is 0 Å². The minimum absolute atomic E-state index is 0.0899. The van der Waals surface area contributed by atoms with Crippen molar-refractivity contribution < 1.29 is 4.79 Å². The molecule has 5 heteroatoms. The van der Waals surface area contributed by atoms with Gasteiger partial charge in [-0.3, -0.25) is 9.69 Å². The lowest BCUT2D eigenvalue weighted by Crippen LogP contribution is -2.37. The van der Waals surface area contributed by atoms with Gasteiger partial charge < -0.3 is 10.2 Å². The van der Waals surface area contributed by atoms with Crippen molar-refractivity contribution in [1.82, 2.24) is 15.2 Å². The number of nitrogens with zero attached hydrogens (tertiary/aromatic N) is 3. The van der Waals surface area contributed by atoms with Crippen LogP contribution in [0.15, 0.2) is 42.6 Å². The zero-order chi connectivity index (χ0) is 19.2. The maximum Gasteiger partial charge on any atom is 0.255 e. The van der Waals surface area contributed by atoms with Gasteiger partial charge in [0.15, 0.2) is 0 Å². The van der Waals surface area contributed by atoms with E-state index < -0.39 is 0 Å². The van der Waals surface area contributed by atoms with E-state index >= 15 is 0 Å². The average Bonchev–Trinajstić information content (AvgIpc) is 2.68. The highest BCUT2D eigenvalue weighted by Crippen LogP contribution is 2.21. The van der Waals surface area contributed by atoms with Gasteiger partial charge in [-0.05, 0) is 49.6 Å². The molecule has 1 aliphatic rings. The quantitative estimate of drug-likeness (QED) is 0.851. The van der Waals surface area contributed by atoms with E-state index in [0.717, 1.165) is 13.1 Å². The van der Waals surface area contributed by atoms with Gasteiger partial charge >= 0.3 is 0 Å². The summed E-state index contributed by atoms with van der Waals surface area (Å²) in [6, 6.07) is 12.7. The number of pyridine rings is 1. The Morgan fingerprint density at radius 1 is 1.19 bits per heavy atom. The summed E-state index contributed by atoms with van der Waals surface area (Å²) in [6.07, 6.45) is 5.58. The molecule has 0 aliphatic carbocycles. The highest BCUT2D eigenvalue weighted by Gasteiger charge is 2.19. The molecule has 144 valence electrons. The second-order valence-electron chi connectivity index (χ2n) is 7.54. The molecule has 3 rings (SSSR count). The van der Waals surface area contributed by atoms with E-state index in [0.29, 0.717) is 24.0 Å². The molecule has 1 aromatic carbocycles. The van der Waals surface area contributed by atoms with Crippen molar-refractivity contribution in [3.8, 4) is 0 Å². The van der Waals surface area contributed by atoms with Gasteiger partial charge in [0.25, 0.3) is 5.91 Å². The molecular weight excluding hydrogens is 336 g/mol. The number of hydrogen-bond donors (Lipinski definition) is 1. The number of carbonyl (C=O) groups excluding carboxylic acids is 1. The first kappa shape index (κ1) is 19.4. The van der Waals surface area contributed by atoms with Crippen molar-refractivity contribution in [2.75, 3.05) is 25.5 Å². The van der Waals surface area contributed by atoms with Crippen molar-refractivity contribution in [2.24, 2.45) is 0 Å². The summed E-state index contributed by atoms with van der Waals surface area (Å²) in [5, 5.41) is 3.08. The van der Waals surface area contributed by atoms with E-state index in [9.17, 15) is 4.79 Å². The van der Waals surface area contributed by atoms with Crippen molar-refractivity contribution in [2.45, 2.75) is 45.3 Å². The minimum atomic E-state index is -0.0899. The largest absolute Gasteiger partial charge is 0.362 e. The normalized spacial score (nSPS) is 17.5. The summed E-state index contributed by atoms with van der Waals surface area (Å²) in [7, 11) is 3.79. The number of nitrogens with one attached hydrogen (secondary N) is 1. The van der Waals surface area contributed by atoms with Crippen molar-refractivity contribution in [1.29, 1.82) is 0 Å². The van der Waals surface area contributed by atoms with Gasteiger partial charge in [-0.2, -0.15) is 0 Å². The Kier molecular flexibility index (Phi) is 6.45. The van der Waals surface area contributed by atoms with E-state index in [2.05, 4.69) is 40.3 Å². The molecule has 27 heavy (non-hydrogen) atoms. The molecule has 1 unspecified atom stereocenters. The van der Waals surface area contributed by atoms with Crippen LogP contribution in [-0.2, 0) is 13.1 Å². The lowest BCUT2D eigenvalue weighted by Gasteiger charge is -2.33. The number of aromatic nitrogens is 1. The van der Waals surface area contributed by atoms with Gasteiger partial charge in [0, 0.05) is 39.4 Å². The van der Waals surface area contributed by atoms with Gasteiger partial charge in [-0.1, -0.05) is 30.7 Å². The molecule has 1 aromatic heterocycles. The van der Waals surface area contributed by atoms with E-state index in [1.54, 1.807) is 12.3 Å². The number of carbonyl (C=O) groups is 1. The van der Waals surface area contributed by atoms with Crippen molar-refractivity contribution >= 4 is 11.7 Å². The van der Waals surface area contributed by atoms with Crippen LogP contribution in [0.25, 0.3) is 0 Å². The Bertz CT molecular complexity index is 774. The van der Waals surface area contributed by atoms with Crippen LogP contribution in [0.2, 0.25) is 0 Å². The average molecular weight is 367 g/mol. The first-order valence-electron chi connectivity index (χ1n) is 9.77. The Morgan fingerprint density at radius 3 is 2.70 bits per heavy atom. The maximum atomic E-state index is 12.7. The predicted molar refractivity (Wildman–Crippen MR) is 110 cm³/mol. The molecule has 2 aromatic rings. The number of rotatable bonds is 6. The molecule has 1 fully saturated rings. The standard InChI is InChI=1S/C22H30N4O/c1-17-9-6-7-14-26(17)16-19-11-5-4-10-18(19)15-24-22(27)20-12-8-13-23-21(20)25(2)3/h4-5,8,10-13,17H,6-7,9,14-16H2,1-3H3,(H,24,27). The SMILES string of the molecule is CC1CCCCN1Cc1ccccc1CNC(=O)c1cccnc1N(C)C. The first-order chi connectivity index (χ1) is 13.1. The highest BCUT2D eigenvalue weighted by molar-refractivity contribution is 5.98. The molecule has 1 saturated heterocycles. The van der Waals surface area contributed by atoms with Crippen LogP contribution in [0, 0.1) is 0 Å². The third-order valence-electron chi connectivity index (χ3n) is 5.33. The number of piperidine rings is 1. The number of amides is 1. The zero-order valence-electron chi connectivity index (χ0n) is 16.6. The minimum Gasteiger partial charge on any atom is -0.362 e. The van der Waals surface area contributed by atoms with Crippen LogP contribution in [0.3, 0.4) is 0 Å². The lowest BCUT2D eigenvalue weighted by molar-refractivity contribution is 0.0950. The van der Waals surface area contributed by atoms with Crippen molar-refractivity contribution in [3.05, 3.63) is 59.3 Å². The maximum absolute atomic E-state index is 12.7. The molecule has 0 bridgehead atoms. The number of likely N-dealkylation sites (tertiary alicyclic amines) is 1. The smallest absolute Gasteiger partial charge is 0.255 e. The number of hydrogen-bond acceptors (Lipinski definition) is 4. The molecule has 0 saturated carbocycles. The molecule has 0 spiro atoms. The zero-order valence-corrected chi connectivity index (χ0v) is 16.6. The van der Waals surface area contributed by atoms with Gasteiger partial charge in [0.1, 0.15) is 5.82 Å². The van der Waals surface area contributed by atoms with Gasteiger partial charge in [-0.25, -0.2) is 4.98 Å². The van der Waals surface area contributed by atoms with Gasteiger partial charge in [-0.15, -0.1) is 0 Å². The van der Waals surface area contributed by atoms with Crippen LogP contribution in [0.1, 0.15) is 47.7 Å². The topological polar surface area (TPSA) is 48.5 Å². The Hall–Kier alpha value is -2.40. The second-order valence-corrected chi connectivity index (χ2v) is 7.54. The molecule has 5 nitrogen and oxygen atoms in total. The Labute approximate surface area is 162 Å². The fourth-order valence-electron chi connectivity index (χ4n) is 3.70. The third kappa shape index (κ3) is 4.86. The summed E-state index contributed by atoms with van der Waals surface area (Å²) in [5.41, 5.74) is 3.08. The molecule has 1 amide bonds.